The zero-order valence-electron chi connectivity index (χ0n) is 17.8. The van der Waals surface area contributed by atoms with Crippen LogP contribution in [-0.2, 0) is 25.8 Å². The van der Waals surface area contributed by atoms with Gasteiger partial charge < -0.3 is 10.2 Å². The summed E-state index contributed by atoms with van der Waals surface area (Å²) in [5, 5.41) is 1.91. The van der Waals surface area contributed by atoms with Gasteiger partial charge in [-0.2, -0.15) is 0 Å². The van der Waals surface area contributed by atoms with Crippen molar-refractivity contribution in [2.75, 3.05) is 16.8 Å². The van der Waals surface area contributed by atoms with Crippen molar-refractivity contribution in [2.45, 2.75) is 56.6 Å². The monoisotopic (exact) mass is 428 g/mol. The Morgan fingerprint density at radius 1 is 1.07 bits per heavy atom. The average molecular weight is 429 g/mol. The first-order valence-electron chi connectivity index (χ1n) is 10.1. The Balaban J connectivity index is 1.69. The lowest BCUT2D eigenvalue weighted by Crippen LogP contribution is -2.26. The summed E-state index contributed by atoms with van der Waals surface area (Å²) in [7, 11) is -3.67. The van der Waals surface area contributed by atoms with Gasteiger partial charge in [-0.15, -0.1) is 0 Å². The molecule has 1 atom stereocenters. The van der Waals surface area contributed by atoms with Crippen LogP contribution in [0.5, 0.6) is 0 Å². The van der Waals surface area contributed by atoms with E-state index in [1.165, 1.54) is 18.6 Å². The van der Waals surface area contributed by atoms with Gasteiger partial charge in [-0.3, -0.25) is 9.59 Å². The van der Waals surface area contributed by atoms with Crippen molar-refractivity contribution < 1.29 is 18.0 Å². The molecule has 160 valence electrons. The van der Waals surface area contributed by atoms with E-state index < -0.39 is 15.1 Å². The van der Waals surface area contributed by atoms with Gasteiger partial charge in [-0.25, -0.2) is 8.42 Å². The molecule has 0 saturated heterocycles. The Hall–Kier alpha value is -2.67. The minimum atomic E-state index is -3.67. The molecule has 0 spiro atoms. The van der Waals surface area contributed by atoms with E-state index in [0.717, 1.165) is 11.3 Å². The number of anilines is 2. The van der Waals surface area contributed by atoms with Crippen LogP contribution in [0.25, 0.3) is 0 Å². The van der Waals surface area contributed by atoms with Crippen LogP contribution < -0.4 is 10.2 Å². The number of nitrogens with one attached hydrogen (secondary N) is 1. The number of carbonyl (C=O) groups excluding carboxylic acids is 2. The fraction of sp³-hybridized carbons (Fsp3) is 0.391. The van der Waals surface area contributed by atoms with Crippen LogP contribution in [0.3, 0.4) is 0 Å². The lowest BCUT2D eigenvalue weighted by atomic mass is 10.0. The van der Waals surface area contributed by atoms with Gasteiger partial charge in [-0.1, -0.05) is 26.0 Å². The Kier molecular flexibility index (Phi) is 6.31. The van der Waals surface area contributed by atoms with Crippen LogP contribution in [0, 0.1) is 0 Å². The van der Waals surface area contributed by atoms with Crippen molar-refractivity contribution >= 4 is 33.0 Å². The summed E-state index contributed by atoms with van der Waals surface area (Å²) in [5.74, 6) is -0.00197. The largest absolute Gasteiger partial charge is 0.326 e. The van der Waals surface area contributed by atoms with E-state index in [-0.39, 0.29) is 23.1 Å². The van der Waals surface area contributed by atoms with Crippen molar-refractivity contribution in [1.82, 2.24) is 0 Å². The minimum absolute atomic E-state index is 0.0594. The molecule has 7 heteroatoms. The maximum absolute atomic E-state index is 13.0. The van der Waals surface area contributed by atoms with E-state index >= 15 is 0 Å². The summed E-state index contributed by atoms with van der Waals surface area (Å²) in [5.41, 5.74) is 3.42. The smallest absolute Gasteiger partial charge is 0.225 e. The summed E-state index contributed by atoms with van der Waals surface area (Å²) < 4.78 is 26.0. The average Bonchev–Trinajstić information content (AvgIpc) is 3.11. The molecule has 1 aliphatic rings. The molecule has 0 fully saturated rings. The third-order valence-corrected chi connectivity index (χ3v) is 7.66. The molecule has 0 aliphatic carbocycles. The molecular formula is C23H28N2O4S. The molecule has 0 radical (unpaired) electrons. The van der Waals surface area contributed by atoms with Gasteiger partial charge >= 0.3 is 0 Å². The predicted molar refractivity (Wildman–Crippen MR) is 119 cm³/mol. The number of rotatable bonds is 6. The molecule has 6 nitrogen and oxygen atoms in total. The fourth-order valence-corrected chi connectivity index (χ4v) is 5.05. The summed E-state index contributed by atoms with van der Waals surface area (Å²) in [6.07, 6.45) is 0.491. The van der Waals surface area contributed by atoms with Crippen molar-refractivity contribution in [1.29, 1.82) is 0 Å². The van der Waals surface area contributed by atoms with Gasteiger partial charge in [-0.05, 0) is 60.7 Å². The highest BCUT2D eigenvalue weighted by Gasteiger charge is 2.29. The summed E-state index contributed by atoms with van der Waals surface area (Å²) >= 11 is 0. The van der Waals surface area contributed by atoms with Crippen LogP contribution in [0.1, 0.15) is 51.2 Å². The van der Waals surface area contributed by atoms with Crippen LogP contribution in [0.15, 0.2) is 47.4 Å². The van der Waals surface area contributed by atoms with E-state index in [2.05, 4.69) is 19.2 Å². The lowest BCUT2D eigenvalue weighted by molar-refractivity contribution is -0.117. The van der Waals surface area contributed by atoms with E-state index in [1.807, 2.05) is 24.3 Å². The van der Waals surface area contributed by atoms with Crippen LogP contribution >= 0.6 is 0 Å². The molecule has 0 saturated carbocycles. The molecule has 2 aromatic rings. The second-order valence-corrected chi connectivity index (χ2v) is 10.5. The second kappa shape index (κ2) is 8.60. The number of carbonyl (C=O) groups is 2. The maximum atomic E-state index is 13.0. The number of fused-ring (bicyclic) bond motifs is 1. The van der Waals surface area contributed by atoms with Gasteiger partial charge in [0.05, 0.1) is 10.1 Å². The standard InChI is InChI=1S/C23H28N2O4S/c1-15(2)18-5-7-20(8-6-18)24-23(27)13-16(3)30(28,29)21-9-10-22-19(14-21)11-12-25(22)17(4)26/h5-10,14-16H,11-13H2,1-4H3,(H,24,27)/t16-/m0/s1. The van der Waals surface area contributed by atoms with E-state index in [1.54, 1.807) is 24.0 Å². The number of sulfone groups is 1. The molecule has 0 bridgehead atoms. The van der Waals surface area contributed by atoms with E-state index in [0.29, 0.717) is 24.6 Å². The Morgan fingerprint density at radius 3 is 2.33 bits per heavy atom. The normalized spacial score (nSPS) is 14.5. The molecule has 2 amide bonds. The molecule has 30 heavy (non-hydrogen) atoms. The van der Waals surface area contributed by atoms with Gasteiger partial charge in [0.25, 0.3) is 0 Å². The summed E-state index contributed by atoms with van der Waals surface area (Å²) in [6.45, 7) is 7.79. The lowest BCUT2D eigenvalue weighted by Gasteiger charge is -2.16. The highest BCUT2D eigenvalue weighted by Crippen LogP contribution is 2.31. The van der Waals surface area contributed by atoms with Gasteiger partial charge in [0.1, 0.15) is 0 Å². The van der Waals surface area contributed by atoms with Crippen LogP contribution in [0.4, 0.5) is 11.4 Å². The van der Waals surface area contributed by atoms with Gasteiger partial charge in [0.2, 0.25) is 11.8 Å². The Bertz CT molecular complexity index is 1060. The molecule has 1 aliphatic heterocycles. The molecule has 2 aromatic carbocycles. The highest BCUT2D eigenvalue weighted by atomic mass is 32.2. The van der Waals surface area contributed by atoms with Crippen LogP contribution in [0.2, 0.25) is 0 Å². The number of nitrogens with zero attached hydrogens (tertiary/aromatic N) is 1. The third kappa shape index (κ3) is 4.56. The first kappa shape index (κ1) is 22.0. The first-order valence-corrected chi connectivity index (χ1v) is 11.7. The topological polar surface area (TPSA) is 83.6 Å². The predicted octanol–water partition coefficient (Wildman–Crippen LogP) is 3.91. The zero-order valence-corrected chi connectivity index (χ0v) is 18.6. The van der Waals surface area contributed by atoms with Gasteiger partial charge in [0.15, 0.2) is 9.84 Å². The zero-order chi connectivity index (χ0) is 22.1. The quantitative estimate of drug-likeness (QED) is 0.756. The molecule has 1 heterocycles. The van der Waals surface area contributed by atoms with E-state index in [9.17, 15) is 18.0 Å². The summed E-state index contributed by atoms with van der Waals surface area (Å²) in [6, 6.07) is 12.4. The first-order chi connectivity index (χ1) is 14.1. The SMILES string of the molecule is CC(=O)N1CCc2cc(S(=O)(=O)[C@@H](C)CC(=O)Nc3ccc(C(C)C)cc3)ccc21. The summed E-state index contributed by atoms with van der Waals surface area (Å²) in [4.78, 5) is 25.9. The number of benzene rings is 2. The van der Waals surface area contributed by atoms with Crippen molar-refractivity contribution in [3.63, 3.8) is 0 Å². The fourth-order valence-electron chi connectivity index (χ4n) is 3.65. The Labute approximate surface area is 178 Å². The van der Waals surface area contributed by atoms with E-state index in [4.69, 9.17) is 0 Å². The van der Waals surface area contributed by atoms with Crippen molar-refractivity contribution in [2.24, 2.45) is 0 Å². The van der Waals surface area contributed by atoms with Crippen LogP contribution in [-0.4, -0.2) is 32.0 Å². The number of amides is 2. The molecular weight excluding hydrogens is 400 g/mol. The molecule has 3 rings (SSSR count). The molecule has 0 aromatic heterocycles. The maximum Gasteiger partial charge on any atom is 0.225 e. The van der Waals surface area contributed by atoms with Crippen molar-refractivity contribution in [3.8, 4) is 0 Å². The van der Waals surface area contributed by atoms with Crippen molar-refractivity contribution in [3.05, 3.63) is 53.6 Å². The number of hydrogen-bond acceptors (Lipinski definition) is 4. The highest BCUT2D eigenvalue weighted by molar-refractivity contribution is 7.92. The minimum Gasteiger partial charge on any atom is -0.326 e. The second-order valence-electron chi connectivity index (χ2n) is 8.10. The third-order valence-electron chi connectivity index (χ3n) is 5.52. The molecule has 0 unspecified atom stereocenters. The van der Waals surface area contributed by atoms with Gasteiger partial charge in [0, 0.05) is 31.3 Å². The number of hydrogen-bond donors (Lipinski definition) is 1. The molecule has 1 N–H and O–H groups in total. The Morgan fingerprint density at radius 2 is 1.73 bits per heavy atom.